The van der Waals surface area contributed by atoms with E-state index >= 15 is 0 Å². The van der Waals surface area contributed by atoms with Crippen molar-refractivity contribution in [2.45, 2.75) is 19.3 Å². The van der Waals surface area contributed by atoms with Gasteiger partial charge in [-0.05, 0) is 37.3 Å². The van der Waals surface area contributed by atoms with Crippen LogP contribution in [0.3, 0.4) is 0 Å². The summed E-state index contributed by atoms with van der Waals surface area (Å²) < 4.78 is 1.66. The molecular formula is C24H25N9O3. The van der Waals surface area contributed by atoms with Crippen LogP contribution in [0.25, 0.3) is 22.4 Å². The Labute approximate surface area is 206 Å². The van der Waals surface area contributed by atoms with Gasteiger partial charge in [-0.3, -0.25) is 4.98 Å². The van der Waals surface area contributed by atoms with Crippen molar-refractivity contribution in [1.29, 1.82) is 0 Å². The molecule has 0 spiro atoms. The first-order chi connectivity index (χ1) is 17.5. The Balaban J connectivity index is 1.32. The number of nitrogens with zero attached hydrogens (tertiary/aromatic N) is 7. The highest BCUT2D eigenvalue weighted by Crippen LogP contribution is 2.41. The maximum Gasteiger partial charge on any atom is 0.337 e. The van der Waals surface area contributed by atoms with Gasteiger partial charge >= 0.3 is 5.97 Å². The van der Waals surface area contributed by atoms with Crippen LogP contribution in [0.2, 0.25) is 0 Å². The van der Waals surface area contributed by atoms with Crippen LogP contribution in [0.15, 0.2) is 30.6 Å². The van der Waals surface area contributed by atoms with Gasteiger partial charge in [-0.2, -0.15) is 10.1 Å². The van der Waals surface area contributed by atoms with Crippen LogP contribution in [0.1, 0.15) is 29.6 Å². The fourth-order valence-corrected chi connectivity index (χ4v) is 4.89. The van der Waals surface area contributed by atoms with Crippen LogP contribution in [0.5, 0.6) is 0 Å². The van der Waals surface area contributed by atoms with E-state index in [1.165, 1.54) is 12.3 Å². The van der Waals surface area contributed by atoms with E-state index in [1.807, 2.05) is 12.1 Å². The zero-order chi connectivity index (χ0) is 24.8. The number of carboxylic acids is 1. The molecule has 0 aliphatic carbocycles. The van der Waals surface area contributed by atoms with E-state index in [-0.39, 0.29) is 12.2 Å². The SMILES string of the molecule is Cn1nc2c3c(nc(Nc4ccnc(N5CCC(CCO)CC5)c4)nc31)-c1ncc(C(=O)O)cc1N2. The van der Waals surface area contributed by atoms with Gasteiger partial charge in [-0.25, -0.2) is 19.4 Å². The minimum atomic E-state index is -1.06. The van der Waals surface area contributed by atoms with Crippen LogP contribution in [-0.4, -0.2) is 65.6 Å². The van der Waals surface area contributed by atoms with E-state index < -0.39 is 5.97 Å². The van der Waals surface area contributed by atoms with E-state index in [4.69, 9.17) is 4.98 Å². The molecule has 36 heavy (non-hydrogen) atoms. The molecule has 2 aliphatic heterocycles. The van der Waals surface area contributed by atoms with Gasteiger partial charge in [-0.1, -0.05) is 0 Å². The van der Waals surface area contributed by atoms with Crippen molar-refractivity contribution >= 4 is 46.0 Å². The molecule has 1 saturated heterocycles. The van der Waals surface area contributed by atoms with E-state index in [1.54, 1.807) is 17.9 Å². The van der Waals surface area contributed by atoms with Gasteiger partial charge in [0.15, 0.2) is 11.5 Å². The number of aromatic carboxylic acids is 1. The van der Waals surface area contributed by atoms with Crippen molar-refractivity contribution in [3.8, 4) is 11.4 Å². The first-order valence-electron chi connectivity index (χ1n) is 11.8. The molecule has 4 N–H and O–H groups in total. The number of aliphatic hydroxyl groups excluding tert-OH is 1. The molecule has 0 radical (unpaired) electrons. The summed E-state index contributed by atoms with van der Waals surface area (Å²) in [5.41, 5.74) is 3.15. The first kappa shape index (κ1) is 22.2. The lowest BCUT2D eigenvalue weighted by Crippen LogP contribution is -2.34. The molecule has 0 atom stereocenters. The molecule has 4 aromatic heterocycles. The molecule has 2 aliphatic rings. The predicted octanol–water partition coefficient (Wildman–Crippen LogP) is 2.92. The zero-order valence-corrected chi connectivity index (χ0v) is 19.6. The molecule has 0 aromatic carbocycles. The Morgan fingerprint density at radius 1 is 1.19 bits per heavy atom. The van der Waals surface area contributed by atoms with Crippen molar-refractivity contribution < 1.29 is 15.0 Å². The first-order valence-corrected chi connectivity index (χ1v) is 11.8. The smallest absolute Gasteiger partial charge is 0.337 e. The molecule has 0 amide bonds. The number of anilines is 5. The average Bonchev–Trinajstić information content (AvgIpc) is 3.20. The van der Waals surface area contributed by atoms with Gasteiger partial charge in [0.25, 0.3) is 0 Å². The Kier molecular flexibility index (Phi) is 5.37. The van der Waals surface area contributed by atoms with Crippen LogP contribution in [0, 0.1) is 5.92 Å². The van der Waals surface area contributed by atoms with Gasteiger partial charge < -0.3 is 25.7 Å². The molecule has 12 heteroatoms. The van der Waals surface area contributed by atoms with Crippen LogP contribution in [-0.2, 0) is 7.05 Å². The summed E-state index contributed by atoms with van der Waals surface area (Å²) in [6.45, 7) is 2.04. The number of rotatable bonds is 6. The Morgan fingerprint density at radius 2 is 2.03 bits per heavy atom. The highest BCUT2D eigenvalue weighted by atomic mass is 16.4. The lowest BCUT2D eigenvalue weighted by Gasteiger charge is -2.32. The Morgan fingerprint density at radius 3 is 2.81 bits per heavy atom. The van der Waals surface area contributed by atoms with Gasteiger partial charge in [0, 0.05) is 50.9 Å². The van der Waals surface area contributed by atoms with Gasteiger partial charge in [0.1, 0.15) is 17.2 Å². The van der Waals surface area contributed by atoms with Crippen molar-refractivity contribution in [2.75, 3.05) is 35.2 Å². The Bertz CT molecular complexity index is 1480. The molecule has 1 fully saturated rings. The predicted molar refractivity (Wildman–Crippen MR) is 134 cm³/mol. The van der Waals surface area contributed by atoms with Gasteiger partial charge in [0.05, 0.1) is 16.6 Å². The van der Waals surface area contributed by atoms with Gasteiger partial charge in [0.2, 0.25) is 5.95 Å². The number of piperidine rings is 1. The number of nitrogens with one attached hydrogen (secondary N) is 2. The lowest BCUT2D eigenvalue weighted by atomic mass is 9.94. The maximum absolute atomic E-state index is 11.4. The zero-order valence-electron chi connectivity index (χ0n) is 19.6. The number of hydrogen-bond acceptors (Lipinski definition) is 10. The van der Waals surface area contributed by atoms with Crippen LogP contribution >= 0.6 is 0 Å². The van der Waals surface area contributed by atoms with Crippen molar-refractivity contribution in [3.63, 3.8) is 0 Å². The highest BCUT2D eigenvalue weighted by molar-refractivity contribution is 6.06. The number of aliphatic hydroxyl groups is 1. The number of pyridine rings is 2. The number of carboxylic acid groups (broad SMARTS) is 1. The second kappa shape index (κ2) is 8.72. The standard InChI is InChI=1S/C24H25N9O3/c1-32-22-18-20(19-16(28-21(18)31-32)10-14(12-26-19)23(35)36)29-24(30-22)27-15-2-6-25-17(11-15)33-7-3-13(4-8-33)5-9-34/h2,6,10-13,34H,3-5,7-9H2,1H3,(H,28,31)(H,35,36)(H,25,27,29,30). The summed E-state index contributed by atoms with van der Waals surface area (Å²) in [4.78, 5) is 32.1. The topological polar surface area (TPSA) is 154 Å². The Hall–Kier alpha value is -4.32. The molecule has 6 heterocycles. The van der Waals surface area contributed by atoms with Crippen molar-refractivity contribution in [1.82, 2.24) is 29.7 Å². The lowest BCUT2D eigenvalue weighted by molar-refractivity contribution is 0.0696. The number of aromatic nitrogens is 6. The summed E-state index contributed by atoms with van der Waals surface area (Å²) in [6, 6.07) is 5.37. The fourth-order valence-electron chi connectivity index (χ4n) is 4.89. The van der Waals surface area contributed by atoms with E-state index in [0.717, 1.165) is 49.2 Å². The minimum absolute atomic E-state index is 0.0778. The third-order valence-electron chi connectivity index (χ3n) is 6.77. The normalized spacial score (nSPS) is 15.0. The third-order valence-corrected chi connectivity index (χ3v) is 6.77. The summed E-state index contributed by atoms with van der Waals surface area (Å²) in [5, 5.41) is 30.3. The highest BCUT2D eigenvalue weighted by Gasteiger charge is 2.27. The van der Waals surface area contributed by atoms with Crippen LogP contribution in [0.4, 0.5) is 29.0 Å². The second-order valence-electron chi connectivity index (χ2n) is 9.09. The molecule has 0 saturated carbocycles. The third kappa shape index (κ3) is 3.85. The van der Waals surface area contributed by atoms with Gasteiger partial charge in [-0.15, -0.1) is 0 Å². The van der Waals surface area contributed by atoms with Crippen molar-refractivity contribution in [2.24, 2.45) is 13.0 Å². The average molecular weight is 488 g/mol. The summed E-state index contributed by atoms with van der Waals surface area (Å²) in [7, 11) is 1.80. The molecule has 4 aromatic rings. The molecule has 0 bridgehead atoms. The number of fused-ring (bicyclic) bond motifs is 2. The molecule has 12 nitrogen and oxygen atoms in total. The number of aryl methyl sites for hydroxylation is 1. The second-order valence-corrected chi connectivity index (χ2v) is 9.09. The summed E-state index contributed by atoms with van der Waals surface area (Å²) in [6.07, 6.45) is 6.01. The minimum Gasteiger partial charge on any atom is -0.478 e. The van der Waals surface area contributed by atoms with E-state index in [9.17, 15) is 15.0 Å². The van der Waals surface area contributed by atoms with Crippen molar-refractivity contribution in [3.05, 3.63) is 36.2 Å². The summed E-state index contributed by atoms with van der Waals surface area (Å²) in [5.74, 6) is 1.32. The fraction of sp³-hybridized carbons (Fsp3) is 0.333. The molecule has 6 rings (SSSR count). The number of carbonyl (C=O) groups is 1. The largest absolute Gasteiger partial charge is 0.478 e. The maximum atomic E-state index is 11.4. The summed E-state index contributed by atoms with van der Waals surface area (Å²) >= 11 is 0. The molecular weight excluding hydrogens is 462 g/mol. The quantitative estimate of drug-likeness (QED) is 0.279. The van der Waals surface area contributed by atoms with E-state index in [0.29, 0.717) is 40.4 Å². The molecule has 184 valence electrons. The number of hydrogen-bond donors (Lipinski definition) is 4. The van der Waals surface area contributed by atoms with E-state index in [2.05, 4.69) is 35.6 Å². The monoisotopic (exact) mass is 487 g/mol. The molecule has 0 unspecified atom stereocenters. The van der Waals surface area contributed by atoms with Crippen LogP contribution < -0.4 is 15.5 Å².